The Labute approximate surface area is 93.3 Å². The lowest BCUT2D eigenvalue weighted by Gasteiger charge is -2.20. The smallest absolute Gasteiger partial charge is 0.0854 e. The quantitative estimate of drug-likeness (QED) is 0.814. The first kappa shape index (κ1) is 11.6. The highest BCUT2D eigenvalue weighted by Crippen LogP contribution is 2.31. The van der Waals surface area contributed by atoms with Crippen LogP contribution in [0.25, 0.3) is 0 Å². The summed E-state index contributed by atoms with van der Waals surface area (Å²) in [6.07, 6.45) is 0. The Morgan fingerprint density at radius 2 is 2.14 bits per heavy atom. The molecule has 5 heteroatoms. The van der Waals surface area contributed by atoms with Crippen LogP contribution in [0, 0.1) is 0 Å². The molecule has 0 aliphatic rings. The molecule has 1 rings (SSSR count). The first-order valence-corrected chi connectivity index (χ1v) is 4.89. The second-order valence-corrected chi connectivity index (χ2v) is 3.65. The minimum absolute atomic E-state index is 0.444. The first-order valence-electron chi connectivity index (χ1n) is 4.13. The van der Waals surface area contributed by atoms with Crippen molar-refractivity contribution >= 4 is 28.9 Å². The van der Waals surface area contributed by atoms with Crippen LogP contribution in [-0.2, 0) is 4.84 Å². The molecule has 0 unspecified atom stereocenters. The van der Waals surface area contributed by atoms with Gasteiger partial charge in [-0.2, -0.15) is 0 Å². The lowest BCUT2D eigenvalue weighted by atomic mass is 10.3. The standard InChI is InChI=1S/C9H12Cl2N2O/c1-13(5-6-14-12)8-4-2-3-7(10)9(8)11/h2-4H,5-6,12H2,1H3. The molecule has 2 N–H and O–H groups in total. The molecule has 0 heterocycles. The first-order chi connectivity index (χ1) is 6.66. The van der Waals surface area contributed by atoms with Crippen molar-refractivity contribution in [2.24, 2.45) is 5.90 Å². The second kappa shape index (κ2) is 5.41. The summed E-state index contributed by atoms with van der Waals surface area (Å²) in [6, 6.07) is 5.49. The Morgan fingerprint density at radius 1 is 1.43 bits per heavy atom. The van der Waals surface area contributed by atoms with Crippen LogP contribution in [0.3, 0.4) is 0 Å². The van der Waals surface area contributed by atoms with Crippen molar-refractivity contribution in [2.75, 3.05) is 25.1 Å². The van der Waals surface area contributed by atoms with E-state index >= 15 is 0 Å². The van der Waals surface area contributed by atoms with Crippen LogP contribution >= 0.6 is 23.2 Å². The van der Waals surface area contributed by atoms with E-state index in [4.69, 9.17) is 29.1 Å². The zero-order valence-electron chi connectivity index (χ0n) is 7.84. The van der Waals surface area contributed by atoms with E-state index < -0.39 is 0 Å². The number of nitrogens with two attached hydrogens (primary N) is 1. The van der Waals surface area contributed by atoms with E-state index in [1.807, 2.05) is 24.1 Å². The zero-order valence-corrected chi connectivity index (χ0v) is 9.35. The molecule has 0 fully saturated rings. The van der Waals surface area contributed by atoms with Crippen molar-refractivity contribution in [1.29, 1.82) is 0 Å². The summed E-state index contributed by atoms with van der Waals surface area (Å²) in [6.45, 7) is 1.11. The SMILES string of the molecule is CN(CCON)c1cccc(Cl)c1Cl. The van der Waals surface area contributed by atoms with E-state index in [-0.39, 0.29) is 0 Å². The van der Waals surface area contributed by atoms with Crippen molar-refractivity contribution in [2.45, 2.75) is 0 Å². The van der Waals surface area contributed by atoms with Crippen molar-refractivity contribution in [3.8, 4) is 0 Å². The molecule has 78 valence electrons. The van der Waals surface area contributed by atoms with Gasteiger partial charge in [0.05, 0.1) is 22.3 Å². The molecule has 14 heavy (non-hydrogen) atoms. The molecule has 0 saturated carbocycles. The van der Waals surface area contributed by atoms with Gasteiger partial charge in [-0.1, -0.05) is 29.3 Å². The minimum atomic E-state index is 0.444. The number of likely N-dealkylation sites (N-methyl/N-ethyl adjacent to an activating group) is 1. The lowest BCUT2D eigenvalue weighted by molar-refractivity contribution is 0.145. The molecule has 0 bridgehead atoms. The fraction of sp³-hybridized carbons (Fsp3) is 0.333. The van der Waals surface area contributed by atoms with Gasteiger partial charge in [0, 0.05) is 13.6 Å². The van der Waals surface area contributed by atoms with Crippen LogP contribution in [-0.4, -0.2) is 20.2 Å². The average Bonchev–Trinajstić information content (AvgIpc) is 2.18. The van der Waals surface area contributed by atoms with E-state index in [0.29, 0.717) is 23.2 Å². The maximum absolute atomic E-state index is 6.02. The van der Waals surface area contributed by atoms with E-state index in [1.165, 1.54) is 0 Å². The Morgan fingerprint density at radius 3 is 2.79 bits per heavy atom. The van der Waals surface area contributed by atoms with Crippen LogP contribution in [0.5, 0.6) is 0 Å². The van der Waals surface area contributed by atoms with Gasteiger partial charge in [0.2, 0.25) is 0 Å². The van der Waals surface area contributed by atoms with Crippen molar-refractivity contribution < 1.29 is 4.84 Å². The molecule has 0 atom stereocenters. The molecule has 0 radical (unpaired) electrons. The third kappa shape index (κ3) is 2.75. The van der Waals surface area contributed by atoms with E-state index in [0.717, 1.165) is 5.69 Å². The van der Waals surface area contributed by atoms with Gasteiger partial charge in [-0.25, -0.2) is 5.90 Å². The van der Waals surface area contributed by atoms with Gasteiger partial charge in [0.15, 0.2) is 0 Å². The number of rotatable bonds is 4. The van der Waals surface area contributed by atoms with Crippen molar-refractivity contribution in [1.82, 2.24) is 0 Å². The number of nitrogens with zero attached hydrogens (tertiary/aromatic N) is 1. The summed E-state index contributed by atoms with van der Waals surface area (Å²) < 4.78 is 0. The Kier molecular flexibility index (Phi) is 4.48. The molecule has 0 aliphatic heterocycles. The average molecular weight is 235 g/mol. The third-order valence-electron chi connectivity index (χ3n) is 1.89. The van der Waals surface area contributed by atoms with Crippen molar-refractivity contribution in [3.63, 3.8) is 0 Å². The van der Waals surface area contributed by atoms with Crippen LogP contribution in [0.15, 0.2) is 18.2 Å². The van der Waals surface area contributed by atoms with Crippen LogP contribution in [0.2, 0.25) is 10.0 Å². The van der Waals surface area contributed by atoms with E-state index in [1.54, 1.807) is 6.07 Å². The Balaban J connectivity index is 2.79. The lowest BCUT2D eigenvalue weighted by Crippen LogP contribution is -2.24. The predicted octanol–water partition coefficient (Wildman–Crippen LogP) is 2.32. The zero-order chi connectivity index (χ0) is 10.6. The predicted molar refractivity (Wildman–Crippen MR) is 59.9 cm³/mol. The van der Waals surface area contributed by atoms with Gasteiger partial charge in [-0.05, 0) is 12.1 Å². The molecule has 0 aromatic heterocycles. The number of halogens is 2. The molecule has 0 spiro atoms. The Hall–Kier alpha value is -0.480. The van der Waals surface area contributed by atoms with Gasteiger partial charge in [-0.3, -0.25) is 0 Å². The summed E-state index contributed by atoms with van der Waals surface area (Å²) in [4.78, 5) is 6.42. The molecular formula is C9H12Cl2N2O. The normalized spacial score (nSPS) is 10.3. The molecular weight excluding hydrogens is 223 g/mol. The maximum Gasteiger partial charge on any atom is 0.0854 e. The van der Waals surface area contributed by atoms with Crippen LogP contribution in [0.1, 0.15) is 0 Å². The fourth-order valence-electron chi connectivity index (χ4n) is 1.10. The van der Waals surface area contributed by atoms with E-state index in [9.17, 15) is 0 Å². The van der Waals surface area contributed by atoms with Gasteiger partial charge in [0.1, 0.15) is 0 Å². The van der Waals surface area contributed by atoms with Crippen molar-refractivity contribution in [3.05, 3.63) is 28.2 Å². The van der Waals surface area contributed by atoms with Gasteiger partial charge < -0.3 is 9.74 Å². The molecule has 1 aromatic carbocycles. The summed E-state index contributed by atoms with van der Waals surface area (Å²) in [5.74, 6) is 4.94. The second-order valence-electron chi connectivity index (χ2n) is 2.87. The summed E-state index contributed by atoms with van der Waals surface area (Å²) in [7, 11) is 1.90. The number of benzene rings is 1. The summed E-state index contributed by atoms with van der Waals surface area (Å²) in [5.41, 5.74) is 0.871. The molecule has 3 nitrogen and oxygen atoms in total. The highest BCUT2D eigenvalue weighted by atomic mass is 35.5. The monoisotopic (exact) mass is 234 g/mol. The van der Waals surface area contributed by atoms with E-state index in [2.05, 4.69) is 4.84 Å². The maximum atomic E-state index is 6.02. The van der Waals surface area contributed by atoms with Crippen LogP contribution < -0.4 is 10.8 Å². The highest BCUT2D eigenvalue weighted by molar-refractivity contribution is 6.43. The van der Waals surface area contributed by atoms with Gasteiger partial charge in [0.25, 0.3) is 0 Å². The third-order valence-corrected chi connectivity index (χ3v) is 2.70. The van der Waals surface area contributed by atoms with Crippen LogP contribution in [0.4, 0.5) is 5.69 Å². The molecule has 0 saturated heterocycles. The van der Waals surface area contributed by atoms with Gasteiger partial charge in [-0.15, -0.1) is 0 Å². The number of anilines is 1. The number of hydrogen-bond donors (Lipinski definition) is 1. The molecule has 0 amide bonds. The topological polar surface area (TPSA) is 38.5 Å². The minimum Gasteiger partial charge on any atom is -0.371 e. The summed E-state index contributed by atoms with van der Waals surface area (Å²) in [5, 5.41) is 1.10. The fourth-order valence-corrected chi connectivity index (χ4v) is 1.54. The number of hydrogen-bond acceptors (Lipinski definition) is 3. The summed E-state index contributed by atoms with van der Waals surface area (Å²) >= 11 is 11.9. The Bertz CT molecular complexity index is 307. The molecule has 1 aromatic rings. The molecule has 0 aliphatic carbocycles. The van der Waals surface area contributed by atoms with Gasteiger partial charge >= 0.3 is 0 Å². The highest BCUT2D eigenvalue weighted by Gasteiger charge is 2.07. The largest absolute Gasteiger partial charge is 0.371 e.